The normalized spacial score (nSPS) is 18.4. The highest BCUT2D eigenvalue weighted by Gasteiger charge is 2.16. The Morgan fingerprint density at radius 2 is 2.05 bits per heavy atom. The number of hydrogen-bond donors (Lipinski definition) is 1. The molecule has 3 heteroatoms. The SMILES string of the molecule is CCc1ccc(-c2ccnc(CC3CCNC3)n2)cc1. The lowest BCUT2D eigenvalue weighted by Crippen LogP contribution is -2.12. The van der Waals surface area contributed by atoms with E-state index in [0.29, 0.717) is 5.92 Å². The van der Waals surface area contributed by atoms with Crippen LogP contribution in [0, 0.1) is 5.92 Å². The number of nitrogens with one attached hydrogen (secondary N) is 1. The van der Waals surface area contributed by atoms with E-state index in [2.05, 4.69) is 41.5 Å². The van der Waals surface area contributed by atoms with Gasteiger partial charge in [-0.2, -0.15) is 0 Å². The van der Waals surface area contributed by atoms with Gasteiger partial charge in [0, 0.05) is 18.2 Å². The van der Waals surface area contributed by atoms with Gasteiger partial charge >= 0.3 is 0 Å². The van der Waals surface area contributed by atoms with Crippen molar-refractivity contribution in [1.82, 2.24) is 15.3 Å². The second kappa shape index (κ2) is 6.14. The molecule has 1 aromatic carbocycles. The zero-order valence-electron chi connectivity index (χ0n) is 12.0. The van der Waals surface area contributed by atoms with E-state index in [1.165, 1.54) is 17.5 Å². The summed E-state index contributed by atoms with van der Waals surface area (Å²) in [6.07, 6.45) is 5.17. The van der Waals surface area contributed by atoms with Gasteiger partial charge < -0.3 is 5.32 Å². The molecule has 0 amide bonds. The summed E-state index contributed by atoms with van der Waals surface area (Å²) in [6.45, 7) is 4.40. The Morgan fingerprint density at radius 1 is 1.20 bits per heavy atom. The molecular weight excluding hydrogens is 246 g/mol. The van der Waals surface area contributed by atoms with Gasteiger partial charge in [-0.3, -0.25) is 0 Å². The lowest BCUT2D eigenvalue weighted by Gasteiger charge is -2.08. The van der Waals surface area contributed by atoms with Gasteiger partial charge in [0.05, 0.1) is 5.69 Å². The molecule has 1 atom stereocenters. The Balaban J connectivity index is 1.78. The van der Waals surface area contributed by atoms with Gasteiger partial charge in [-0.05, 0) is 43.5 Å². The molecule has 0 saturated carbocycles. The molecule has 2 heterocycles. The van der Waals surface area contributed by atoms with Crippen molar-refractivity contribution >= 4 is 0 Å². The fourth-order valence-electron chi connectivity index (χ4n) is 2.72. The molecule has 0 bridgehead atoms. The average Bonchev–Trinajstić information content (AvgIpc) is 3.01. The molecule has 1 fully saturated rings. The maximum Gasteiger partial charge on any atom is 0.129 e. The van der Waals surface area contributed by atoms with E-state index in [1.54, 1.807) is 0 Å². The molecular formula is C17H21N3. The predicted octanol–water partition coefficient (Wildman–Crippen LogP) is 2.86. The molecule has 1 aromatic heterocycles. The van der Waals surface area contributed by atoms with Crippen molar-refractivity contribution in [3.8, 4) is 11.3 Å². The molecule has 0 radical (unpaired) electrons. The zero-order valence-corrected chi connectivity index (χ0v) is 12.0. The number of aromatic nitrogens is 2. The third-order valence-electron chi connectivity index (χ3n) is 4.00. The third-order valence-corrected chi connectivity index (χ3v) is 4.00. The van der Waals surface area contributed by atoms with Crippen LogP contribution in [-0.2, 0) is 12.8 Å². The van der Waals surface area contributed by atoms with E-state index in [-0.39, 0.29) is 0 Å². The average molecular weight is 267 g/mol. The van der Waals surface area contributed by atoms with E-state index in [4.69, 9.17) is 4.98 Å². The summed E-state index contributed by atoms with van der Waals surface area (Å²) in [5.74, 6) is 1.66. The largest absolute Gasteiger partial charge is 0.316 e. The first kappa shape index (κ1) is 13.3. The predicted molar refractivity (Wildman–Crippen MR) is 81.5 cm³/mol. The first-order valence-corrected chi connectivity index (χ1v) is 7.47. The van der Waals surface area contributed by atoms with Crippen molar-refractivity contribution in [1.29, 1.82) is 0 Å². The van der Waals surface area contributed by atoms with Gasteiger partial charge in [0.15, 0.2) is 0 Å². The van der Waals surface area contributed by atoms with Gasteiger partial charge in [0.1, 0.15) is 5.82 Å². The van der Waals surface area contributed by atoms with Crippen molar-refractivity contribution in [2.45, 2.75) is 26.2 Å². The molecule has 1 unspecified atom stereocenters. The fraction of sp³-hybridized carbons (Fsp3) is 0.412. The minimum atomic E-state index is 0.688. The van der Waals surface area contributed by atoms with Crippen molar-refractivity contribution in [3.05, 3.63) is 47.9 Å². The number of hydrogen-bond acceptors (Lipinski definition) is 3. The smallest absolute Gasteiger partial charge is 0.129 e. The molecule has 20 heavy (non-hydrogen) atoms. The van der Waals surface area contributed by atoms with Gasteiger partial charge in [-0.15, -0.1) is 0 Å². The van der Waals surface area contributed by atoms with Crippen molar-refractivity contribution in [3.63, 3.8) is 0 Å². The second-order valence-electron chi connectivity index (χ2n) is 5.47. The fourth-order valence-corrected chi connectivity index (χ4v) is 2.72. The number of aryl methyl sites for hydroxylation is 1. The Hall–Kier alpha value is -1.74. The summed E-state index contributed by atoms with van der Waals surface area (Å²) in [7, 11) is 0. The summed E-state index contributed by atoms with van der Waals surface area (Å²) in [5, 5.41) is 3.40. The van der Waals surface area contributed by atoms with Crippen LogP contribution >= 0.6 is 0 Å². The van der Waals surface area contributed by atoms with Crippen molar-refractivity contribution < 1.29 is 0 Å². The van der Waals surface area contributed by atoms with E-state index in [1.807, 2.05) is 12.3 Å². The quantitative estimate of drug-likeness (QED) is 0.925. The zero-order chi connectivity index (χ0) is 13.8. The van der Waals surface area contributed by atoms with Gasteiger partial charge in [-0.25, -0.2) is 9.97 Å². The number of nitrogens with zero attached hydrogens (tertiary/aromatic N) is 2. The van der Waals surface area contributed by atoms with Crippen LogP contribution in [0.1, 0.15) is 24.7 Å². The number of rotatable bonds is 4. The molecule has 104 valence electrons. The van der Waals surface area contributed by atoms with Gasteiger partial charge in [-0.1, -0.05) is 31.2 Å². The van der Waals surface area contributed by atoms with Crippen LogP contribution < -0.4 is 5.32 Å². The summed E-state index contributed by atoms with van der Waals surface area (Å²) in [5.41, 5.74) is 3.57. The van der Waals surface area contributed by atoms with E-state index < -0.39 is 0 Å². The van der Waals surface area contributed by atoms with Gasteiger partial charge in [0.2, 0.25) is 0 Å². The Bertz CT molecular complexity index is 557. The van der Waals surface area contributed by atoms with E-state index in [0.717, 1.165) is 37.4 Å². The van der Waals surface area contributed by atoms with Crippen molar-refractivity contribution in [2.75, 3.05) is 13.1 Å². The molecule has 1 aliphatic heterocycles. The molecule has 1 N–H and O–H groups in total. The minimum absolute atomic E-state index is 0.688. The first-order valence-electron chi connectivity index (χ1n) is 7.47. The highest BCUT2D eigenvalue weighted by Crippen LogP contribution is 2.19. The van der Waals surface area contributed by atoms with Crippen LogP contribution in [0.3, 0.4) is 0 Å². The van der Waals surface area contributed by atoms with Crippen LogP contribution in [0.4, 0.5) is 0 Å². The van der Waals surface area contributed by atoms with Crippen molar-refractivity contribution in [2.24, 2.45) is 5.92 Å². The molecule has 0 aliphatic carbocycles. The first-order chi connectivity index (χ1) is 9.85. The minimum Gasteiger partial charge on any atom is -0.316 e. The second-order valence-corrected chi connectivity index (χ2v) is 5.47. The highest BCUT2D eigenvalue weighted by atomic mass is 14.9. The monoisotopic (exact) mass is 267 g/mol. The van der Waals surface area contributed by atoms with Gasteiger partial charge in [0.25, 0.3) is 0 Å². The maximum atomic E-state index is 4.72. The molecule has 3 nitrogen and oxygen atoms in total. The van der Waals surface area contributed by atoms with Crippen LogP contribution in [0.5, 0.6) is 0 Å². The summed E-state index contributed by atoms with van der Waals surface area (Å²) >= 11 is 0. The summed E-state index contributed by atoms with van der Waals surface area (Å²) in [4.78, 5) is 9.15. The van der Waals surface area contributed by atoms with Crippen LogP contribution in [-0.4, -0.2) is 23.1 Å². The summed E-state index contributed by atoms with van der Waals surface area (Å²) < 4.78 is 0. The molecule has 2 aromatic rings. The third kappa shape index (κ3) is 3.05. The molecule has 3 rings (SSSR count). The van der Waals surface area contributed by atoms with Crippen LogP contribution in [0.15, 0.2) is 36.5 Å². The van der Waals surface area contributed by atoms with E-state index in [9.17, 15) is 0 Å². The number of benzene rings is 1. The highest BCUT2D eigenvalue weighted by molar-refractivity contribution is 5.58. The lowest BCUT2D eigenvalue weighted by atomic mass is 10.0. The standard InChI is InChI=1S/C17H21N3/c1-2-13-3-5-15(6-4-13)16-8-10-19-17(20-16)11-14-7-9-18-12-14/h3-6,8,10,14,18H,2,7,9,11-12H2,1H3. The summed E-state index contributed by atoms with van der Waals surface area (Å²) in [6, 6.07) is 10.7. The Labute approximate surface area is 120 Å². The van der Waals surface area contributed by atoms with Crippen LogP contribution in [0.2, 0.25) is 0 Å². The lowest BCUT2D eigenvalue weighted by molar-refractivity contribution is 0.561. The Kier molecular flexibility index (Phi) is 4.07. The topological polar surface area (TPSA) is 37.8 Å². The maximum absolute atomic E-state index is 4.72. The molecule has 1 saturated heterocycles. The van der Waals surface area contributed by atoms with E-state index >= 15 is 0 Å². The van der Waals surface area contributed by atoms with Crippen LogP contribution in [0.25, 0.3) is 11.3 Å². The molecule has 0 spiro atoms. The molecule has 1 aliphatic rings. The Morgan fingerprint density at radius 3 is 2.75 bits per heavy atom.